The number of fused-ring (bicyclic) bond motifs is 1. The van der Waals surface area contributed by atoms with E-state index in [2.05, 4.69) is 28.0 Å². The summed E-state index contributed by atoms with van der Waals surface area (Å²) in [6, 6.07) is 7.96. The smallest absolute Gasteiger partial charge is 0.254 e. The summed E-state index contributed by atoms with van der Waals surface area (Å²) in [4.78, 5) is 16.2. The molecule has 3 rings (SSSR count). The highest BCUT2D eigenvalue weighted by Gasteiger charge is 2.40. The number of carbonyl (C=O) groups excluding carboxylic acids is 1. The molecule has 28 heavy (non-hydrogen) atoms. The Hall–Kier alpha value is -2.36. The van der Waals surface area contributed by atoms with Crippen molar-refractivity contribution >= 4 is 16.8 Å². The molecular formula is C22H31N5O. The summed E-state index contributed by atoms with van der Waals surface area (Å²) in [6.07, 6.45) is 3.95. The van der Waals surface area contributed by atoms with Gasteiger partial charge >= 0.3 is 0 Å². The molecule has 1 heterocycles. The van der Waals surface area contributed by atoms with Crippen molar-refractivity contribution in [2.75, 3.05) is 13.1 Å². The molecule has 2 aromatic rings. The first-order valence-electron chi connectivity index (χ1n) is 10.3. The number of hydrogen-bond acceptors (Lipinski definition) is 4. The van der Waals surface area contributed by atoms with E-state index in [0.717, 1.165) is 36.8 Å². The zero-order chi connectivity index (χ0) is 20.3. The molecule has 1 aliphatic rings. The van der Waals surface area contributed by atoms with Crippen LogP contribution in [0.5, 0.6) is 0 Å². The van der Waals surface area contributed by atoms with Crippen molar-refractivity contribution in [2.45, 2.75) is 58.5 Å². The lowest BCUT2D eigenvalue weighted by Gasteiger charge is -2.30. The van der Waals surface area contributed by atoms with E-state index < -0.39 is 0 Å². The number of rotatable bonds is 9. The predicted molar refractivity (Wildman–Crippen MR) is 112 cm³/mol. The number of hydrogen-bond donors (Lipinski definition) is 3. The first-order valence-corrected chi connectivity index (χ1v) is 10.3. The largest absolute Gasteiger partial charge is 0.361 e. The number of nitrogens with one attached hydrogen (secondary N) is 3. The standard InChI is InChI=1S/C22H31N5O/c1-5-20(22(28)27(14(3)4)26-6-2)24-12-16-10-17(16)19-13-25-21-8-7-15(11-23)9-18(19)21/h7-9,13-14,16-17,20,24-26H,5-6,10,12H2,1-4H3. The average molecular weight is 382 g/mol. The molecule has 0 spiro atoms. The molecule has 1 fully saturated rings. The highest BCUT2D eigenvalue weighted by Crippen LogP contribution is 2.49. The van der Waals surface area contributed by atoms with Crippen molar-refractivity contribution in [3.63, 3.8) is 0 Å². The van der Waals surface area contributed by atoms with Gasteiger partial charge in [-0.3, -0.25) is 9.80 Å². The van der Waals surface area contributed by atoms with E-state index in [9.17, 15) is 4.79 Å². The minimum absolute atomic E-state index is 0.113. The predicted octanol–water partition coefficient (Wildman–Crippen LogP) is 3.27. The number of H-pyrrole nitrogens is 1. The SMILES string of the molecule is CCNN(C(=O)C(CC)NCC1CC1c1c[nH]c2ccc(C#N)cc12)C(C)C. The summed E-state index contributed by atoms with van der Waals surface area (Å²) >= 11 is 0. The van der Waals surface area contributed by atoms with Gasteiger partial charge in [0.05, 0.1) is 17.7 Å². The second-order valence-corrected chi connectivity index (χ2v) is 7.90. The first kappa shape index (κ1) is 20.4. The van der Waals surface area contributed by atoms with Gasteiger partial charge in [0.2, 0.25) is 0 Å². The van der Waals surface area contributed by atoms with E-state index >= 15 is 0 Å². The number of hydrazine groups is 1. The zero-order valence-corrected chi connectivity index (χ0v) is 17.2. The quantitative estimate of drug-likeness (QED) is 0.582. The molecule has 0 radical (unpaired) electrons. The van der Waals surface area contributed by atoms with Gasteiger partial charge in [-0.15, -0.1) is 0 Å². The maximum absolute atomic E-state index is 12.9. The Morgan fingerprint density at radius 2 is 2.18 bits per heavy atom. The van der Waals surface area contributed by atoms with Gasteiger partial charge < -0.3 is 10.3 Å². The number of amides is 1. The fraction of sp³-hybridized carbons (Fsp3) is 0.545. The third-order valence-corrected chi connectivity index (χ3v) is 5.58. The molecule has 1 saturated carbocycles. The summed E-state index contributed by atoms with van der Waals surface area (Å²) in [5.74, 6) is 1.12. The lowest BCUT2D eigenvalue weighted by Crippen LogP contribution is -2.54. The molecule has 0 saturated heterocycles. The van der Waals surface area contributed by atoms with Gasteiger partial charge in [-0.2, -0.15) is 5.26 Å². The van der Waals surface area contributed by atoms with Crippen molar-refractivity contribution < 1.29 is 4.79 Å². The highest BCUT2D eigenvalue weighted by atomic mass is 16.2. The van der Waals surface area contributed by atoms with Gasteiger partial charge in [-0.1, -0.05) is 13.8 Å². The molecular weight excluding hydrogens is 350 g/mol. The van der Waals surface area contributed by atoms with Gasteiger partial charge in [-0.25, -0.2) is 5.43 Å². The monoisotopic (exact) mass is 381 g/mol. The zero-order valence-electron chi connectivity index (χ0n) is 17.2. The van der Waals surface area contributed by atoms with Crippen LogP contribution in [0.1, 0.15) is 57.6 Å². The van der Waals surface area contributed by atoms with Crippen LogP contribution in [0.25, 0.3) is 10.9 Å². The van der Waals surface area contributed by atoms with Crippen molar-refractivity contribution in [2.24, 2.45) is 5.92 Å². The third-order valence-electron chi connectivity index (χ3n) is 5.58. The van der Waals surface area contributed by atoms with Crippen LogP contribution in [-0.2, 0) is 4.79 Å². The molecule has 0 aliphatic heterocycles. The second-order valence-electron chi connectivity index (χ2n) is 7.90. The summed E-state index contributed by atoms with van der Waals surface area (Å²) in [5.41, 5.74) is 6.23. The maximum Gasteiger partial charge on any atom is 0.254 e. The average Bonchev–Trinajstić information content (AvgIpc) is 3.34. The molecule has 1 amide bonds. The van der Waals surface area contributed by atoms with Gasteiger partial charge in [0.25, 0.3) is 5.91 Å². The normalized spacial score (nSPS) is 19.6. The van der Waals surface area contributed by atoms with Crippen LogP contribution >= 0.6 is 0 Å². The molecule has 6 nitrogen and oxygen atoms in total. The van der Waals surface area contributed by atoms with Crippen LogP contribution < -0.4 is 10.7 Å². The summed E-state index contributed by atoms with van der Waals surface area (Å²) in [5, 5.41) is 15.6. The third kappa shape index (κ3) is 4.21. The Morgan fingerprint density at radius 1 is 1.39 bits per heavy atom. The van der Waals surface area contributed by atoms with Gasteiger partial charge in [0.1, 0.15) is 0 Å². The van der Waals surface area contributed by atoms with Crippen molar-refractivity contribution in [1.82, 2.24) is 20.7 Å². The fourth-order valence-electron chi connectivity index (χ4n) is 3.93. The number of aromatic nitrogens is 1. The van der Waals surface area contributed by atoms with Gasteiger partial charge in [-0.05, 0) is 68.8 Å². The number of carbonyl (C=O) groups is 1. The molecule has 3 atom stereocenters. The minimum atomic E-state index is -0.170. The van der Waals surface area contributed by atoms with Crippen molar-refractivity contribution in [1.29, 1.82) is 5.26 Å². The Labute approximate surface area is 167 Å². The summed E-state index contributed by atoms with van der Waals surface area (Å²) in [6.45, 7) is 9.67. The molecule has 1 aliphatic carbocycles. The van der Waals surface area contributed by atoms with Crippen LogP contribution in [0.4, 0.5) is 0 Å². The lowest BCUT2D eigenvalue weighted by atomic mass is 10.1. The fourth-order valence-corrected chi connectivity index (χ4v) is 3.93. The minimum Gasteiger partial charge on any atom is -0.361 e. The topological polar surface area (TPSA) is 84.0 Å². The van der Waals surface area contributed by atoms with Gasteiger partial charge in [0, 0.05) is 29.7 Å². The van der Waals surface area contributed by atoms with Crippen LogP contribution in [0.15, 0.2) is 24.4 Å². The maximum atomic E-state index is 12.9. The second kappa shape index (κ2) is 8.76. The number of nitriles is 1. The molecule has 0 bridgehead atoms. The number of aromatic amines is 1. The Balaban J connectivity index is 1.62. The Bertz CT molecular complexity index is 865. The van der Waals surface area contributed by atoms with Crippen molar-refractivity contribution in [3.05, 3.63) is 35.5 Å². The van der Waals surface area contributed by atoms with Crippen LogP contribution in [0.3, 0.4) is 0 Å². The molecule has 1 aromatic carbocycles. The van der Waals surface area contributed by atoms with Crippen molar-refractivity contribution in [3.8, 4) is 6.07 Å². The molecule has 3 unspecified atom stereocenters. The molecule has 1 aromatic heterocycles. The molecule has 6 heteroatoms. The molecule has 3 N–H and O–H groups in total. The van der Waals surface area contributed by atoms with E-state index in [4.69, 9.17) is 5.26 Å². The lowest BCUT2D eigenvalue weighted by molar-refractivity contribution is -0.138. The van der Waals surface area contributed by atoms with E-state index in [1.54, 1.807) is 5.01 Å². The van der Waals surface area contributed by atoms with Crippen LogP contribution in [0.2, 0.25) is 0 Å². The van der Waals surface area contributed by atoms with E-state index in [1.807, 2.05) is 45.9 Å². The van der Waals surface area contributed by atoms with E-state index in [0.29, 0.717) is 17.4 Å². The first-order chi connectivity index (χ1) is 13.5. The summed E-state index contributed by atoms with van der Waals surface area (Å²) < 4.78 is 0. The number of benzene rings is 1. The Kier molecular flexibility index (Phi) is 6.38. The van der Waals surface area contributed by atoms with Gasteiger partial charge in [0.15, 0.2) is 0 Å². The van der Waals surface area contributed by atoms with Crippen LogP contribution in [-0.4, -0.2) is 41.1 Å². The Morgan fingerprint density at radius 3 is 2.82 bits per heavy atom. The summed E-state index contributed by atoms with van der Waals surface area (Å²) in [7, 11) is 0. The van der Waals surface area contributed by atoms with E-state index in [-0.39, 0.29) is 18.0 Å². The molecule has 150 valence electrons. The van der Waals surface area contributed by atoms with E-state index in [1.165, 1.54) is 5.56 Å². The number of nitrogens with zero attached hydrogens (tertiary/aromatic N) is 2. The van der Waals surface area contributed by atoms with Crippen LogP contribution in [0, 0.1) is 17.2 Å². The highest BCUT2D eigenvalue weighted by molar-refractivity contribution is 5.85.